The molecule has 1 N–H and O–H groups in total. The zero-order valence-electron chi connectivity index (χ0n) is 18.8. The molecule has 0 aliphatic carbocycles. The molecule has 0 saturated heterocycles. The molecule has 0 saturated carbocycles. The van der Waals surface area contributed by atoms with Gasteiger partial charge >= 0.3 is 0 Å². The second-order valence-corrected chi connectivity index (χ2v) is 12.0. The van der Waals surface area contributed by atoms with Gasteiger partial charge in [0.2, 0.25) is 20.0 Å². The monoisotopic (exact) mass is 521 g/mol. The van der Waals surface area contributed by atoms with Gasteiger partial charge in [-0.05, 0) is 54.1 Å². The quantitative estimate of drug-likeness (QED) is 0.483. The van der Waals surface area contributed by atoms with E-state index in [9.17, 15) is 21.6 Å². The van der Waals surface area contributed by atoms with Gasteiger partial charge in [0.05, 0.1) is 30.4 Å². The van der Waals surface area contributed by atoms with Crippen molar-refractivity contribution in [1.29, 1.82) is 0 Å². The number of amides is 1. The molecule has 180 valence electrons. The number of anilines is 3. The van der Waals surface area contributed by atoms with Crippen LogP contribution in [0.15, 0.2) is 72.8 Å². The van der Waals surface area contributed by atoms with Crippen LogP contribution in [0.1, 0.15) is 15.9 Å². The molecule has 1 amide bonds. The second kappa shape index (κ2) is 10.0. The summed E-state index contributed by atoms with van der Waals surface area (Å²) in [6.07, 6.45) is 2.19. The number of halogens is 1. The Kier molecular flexibility index (Phi) is 7.54. The Morgan fingerprint density at radius 2 is 1.50 bits per heavy atom. The Morgan fingerprint density at radius 1 is 0.853 bits per heavy atom. The summed E-state index contributed by atoms with van der Waals surface area (Å²) in [4.78, 5) is 12.7. The summed E-state index contributed by atoms with van der Waals surface area (Å²) in [5.74, 6) is -0.428. The molecule has 0 fully saturated rings. The molecular weight excluding hydrogens is 498 g/mol. The summed E-state index contributed by atoms with van der Waals surface area (Å²) in [6, 6.07) is 19.5. The zero-order chi connectivity index (χ0) is 25.1. The fraction of sp³-hybridized carbons (Fsp3) is 0.174. The molecule has 3 rings (SSSR count). The topological polar surface area (TPSA) is 104 Å². The average Bonchev–Trinajstić information content (AvgIpc) is 2.77. The highest BCUT2D eigenvalue weighted by molar-refractivity contribution is 7.92. The first-order valence-electron chi connectivity index (χ1n) is 10.0. The fourth-order valence-electron chi connectivity index (χ4n) is 3.13. The molecule has 0 aliphatic rings. The summed E-state index contributed by atoms with van der Waals surface area (Å²) in [6.45, 7) is 0.0463. The van der Waals surface area contributed by atoms with Gasteiger partial charge in [-0.2, -0.15) is 0 Å². The molecule has 0 radical (unpaired) electrons. The lowest BCUT2D eigenvalue weighted by atomic mass is 10.1. The van der Waals surface area contributed by atoms with Crippen molar-refractivity contribution < 1.29 is 21.6 Å². The molecule has 0 atom stereocenters. The molecular formula is C23H24ClN3O5S2. The van der Waals surface area contributed by atoms with E-state index in [1.807, 2.05) is 0 Å². The van der Waals surface area contributed by atoms with Gasteiger partial charge in [0.1, 0.15) is 0 Å². The normalized spacial score (nSPS) is 11.6. The number of hydrogen-bond donors (Lipinski definition) is 1. The number of rotatable bonds is 8. The van der Waals surface area contributed by atoms with E-state index in [0.29, 0.717) is 33.2 Å². The third-order valence-corrected chi connectivity index (χ3v) is 7.77. The van der Waals surface area contributed by atoms with Gasteiger partial charge in [0.15, 0.2) is 0 Å². The van der Waals surface area contributed by atoms with Crippen molar-refractivity contribution in [3.8, 4) is 0 Å². The maximum Gasteiger partial charge on any atom is 0.255 e. The highest BCUT2D eigenvalue weighted by atomic mass is 35.5. The number of nitrogens with zero attached hydrogens (tertiary/aromatic N) is 2. The van der Waals surface area contributed by atoms with E-state index in [4.69, 9.17) is 11.6 Å². The molecule has 34 heavy (non-hydrogen) atoms. The Balaban J connectivity index is 1.80. The van der Waals surface area contributed by atoms with Crippen LogP contribution in [0.25, 0.3) is 0 Å². The van der Waals surface area contributed by atoms with Gasteiger partial charge in [0, 0.05) is 23.3 Å². The Labute approximate surface area is 204 Å². The van der Waals surface area contributed by atoms with Gasteiger partial charge < -0.3 is 5.32 Å². The van der Waals surface area contributed by atoms with Gasteiger partial charge in [0.25, 0.3) is 5.91 Å². The summed E-state index contributed by atoms with van der Waals surface area (Å²) in [7, 11) is -5.64. The largest absolute Gasteiger partial charge is 0.322 e. The number of nitrogens with one attached hydrogen (secondary N) is 1. The van der Waals surface area contributed by atoms with Crippen LogP contribution in [0.3, 0.4) is 0 Å². The average molecular weight is 522 g/mol. The summed E-state index contributed by atoms with van der Waals surface area (Å²) >= 11 is 6.19. The first kappa shape index (κ1) is 25.5. The Bertz CT molecular complexity index is 1410. The number of hydrogen-bond acceptors (Lipinski definition) is 5. The zero-order valence-corrected chi connectivity index (χ0v) is 21.2. The van der Waals surface area contributed by atoms with E-state index in [2.05, 4.69) is 5.32 Å². The third kappa shape index (κ3) is 6.28. The third-order valence-electron chi connectivity index (χ3n) is 5.05. The molecule has 0 bridgehead atoms. The van der Waals surface area contributed by atoms with Gasteiger partial charge in [-0.25, -0.2) is 16.8 Å². The van der Waals surface area contributed by atoms with Crippen molar-refractivity contribution in [3.05, 3.63) is 88.9 Å². The molecule has 0 aromatic heterocycles. The van der Waals surface area contributed by atoms with Crippen LogP contribution < -0.4 is 13.9 Å². The minimum Gasteiger partial charge on any atom is -0.322 e. The van der Waals surface area contributed by atoms with Crippen molar-refractivity contribution >= 4 is 54.6 Å². The molecule has 0 unspecified atom stereocenters. The Hall–Kier alpha value is -3.08. The first-order chi connectivity index (χ1) is 15.9. The summed E-state index contributed by atoms with van der Waals surface area (Å²) in [5, 5.41) is 3.18. The first-order valence-corrected chi connectivity index (χ1v) is 14.1. The van der Waals surface area contributed by atoms with E-state index >= 15 is 0 Å². The highest BCUT2D eigenvalue weighted by Gasteiger charge is 2.20. The lowest BCUT2D eigenvalue weighted by Gasteiger charge is -2.23. The van der Waals surface area contributed by atoms with Crippen LogP contribution in [-0.2, 0) is 26.6 Å². The lowest BCUT2D eigenvalue weighted by molar-refractivity contribution is 0.102. The minimum absolute atomic E-state index is 0.0463. The Morgan fingerprint density at radius 3 is 2.09 bits per heavy atom. The van der Waals surface area contributed by atoms with E-state index in [-0.39, 0.29) is 6.54 Å². The van der Waals surface area contributed by atoms with Gasteiger partial charge in [-0.3, -0.25) is 13.4 Å². The minimum atomic E-state index is -3.62. The van der Waals surface area contributed by atoms with E-state index in [1.54, 1.807) is 60.7 Å². The number of carbonyl (C=O) groups is 1. The molecule has 11 heteroatoms. The SMILES string of the molecule is CN(c1cccc(NC(=O)c2ccc(N(Cc3ccccc3Cl)S(C)(=O)=O)cc2)c1)S(C)(=O)=O. The molecule has 0 spiro atoms. The van der Waals surface area contributed by atoms with Gasteiger partial charge in [-0.1, -0.05) is 35.9 Å². The smallest absolute Gasteiger partial charge is 0.255 e. The van der Waals surface area contributed by atoms with Crippen molar-refractivity contribution in [2.75, 3.05) is 33.5 Å². The maximum atomic E-state index is 12.7. The molecule has 0 heterocycles. The van der Waals surface area contributed by atoms with Gasteiger partial charge in [-0.15, -0.1) is 0 Å². The van der Waals surface area contributed by atoms with E-state index in [0.717, 1.165) is 16.8 Å². The van der Waals surface area contributed by atoms with Crippen LogP contribution in [0, 0.1) is 0 Å². The van der Waals surface area contributed by atoms with Crippen molar-refractivity contribution in [2.24, 2.45) is 0 Å². The van der Waals surface area contributed by atoms with E-state index in [1.165, 1.54) is 23.5 Å². The van der Waals surface area contributed by atoms with Crippen molar-refractivity contribution in [2.45, 2.75) is 6.54 Å². The lowest BCUT2D eigenvalue weighted by Crippen LogP contribution is -2.29. The predicted octanol–water partition coefficient (Wildman–Crippen LogP) is 3.95. The molecule has 3 aromatic rings. The number of benzene rings is 3. The highest BCUT2D eigenvalue weighted by Crippen LogP contribution is 2.25. The standard InChI is InChI=1S/C23H24ClN3O5S2/c1-26(33(2,29)30)21-9-6-8-19(15-21)25-23(28)17-11-13-20(14-12-17)27(34(3,31)32)16-18-7-4-5-10-22(18)24/h4-15H,16H2,1-3H3,(H,25,28). The van der Waals surface area contributed by atoms with Crippen LogP contribution in [0.5, 0.6) is 0 Å². The predicted molar refractivity (Wildman–Crippen MR) is 137 cm³/mol. The van der Waals surface area contributed by atoms with Crippen molar-refractivity contribution in [1.82, 2.24) is 0 Å². The number of sulfonamides is 2. The number of carbonyl (C=O) groups excluding carboxylic acids is 1. The fourth-order valence-corrected chi connectivity index (χ4v) is 4.70. The summed E-state index contributed by atoms with van der Waals surface area (Å²) in [5.41, 5.74) is 2.15. The summed E-state index contributed by atoms with van der Waals surface area (Å²) < 4.78 is 50.7. The van der Waals surface area contributed by atoms with Crippen LogP contribution in [0.4, 0.5) is 17.1 Å². The second-order valence-electron chi connectivity index (χ2n) is 7.64. The molecule has 0 aliphatic heterocycles. The maximum absolute atomic E-state index is 12.7. The molecule has 3 aromatic carbocycles. The van der Waals surface area contributed by atoms with Crippen LogP contribution in [-0.4, -0.2) is 42.3 Å². The molecule has 8 nitrogen and oxygen atoms in total. The van der Waals surface area contributed by atoms with Crippen LogP contribution in [0.2, 0.25) is 5.02 Å². The van der Waals surface area contributed by atoms with E-state index < -0.39 is 26.0 Å². The van der Waals surface area contributed by atoms with Crippen molar-refractivity contribution in [3.63, 3.8) is 0 Å². The van der Waals surface area contributed by atoms with Crippen LogP contribution >= 0.6 is 11.6 Å².